The van der Waals surface area contributed by atoms with Crippen molar-refractivity contribution in [3.05, 3.63) is 42.0 Å². The van der Waals surface area contributed by atoms with E-state index in [1.165, 1.54) is 12.1 Å². The quantitative estimate of drug-likeness (QED) is 0.730. The van der Waals surface area contributed by atoms with Gasteiger partial charge < -0.3 is 5.32 Å². The number of nitrogens with one attached hydrogen (secondary N) is 1. The van der Waals surface area contributed by atoms with Crippen LogP contribution < -0.4 is 5.32 Å². The molecule has 3 heteroatoms. The van der Waals surface area contributed by atoms with Gasteiger partial charge in [-0.1, -0.05) is 5.57 Å². The number of hydrogen-bond acceptors (Lipinski definition) is 1. The summed E-state index contributed by atoms with van der Waals surface area (Å²) in [5.74, 6) is -1.13. The average molecular weight is 197 g/mol. The largest absolute Gasteiger partial charge is 0.385 e. The molecule has 0 saturated heterocycles. The van der Waals surface area contributed by atoms with Crippen molar-refractivity contribution in [3.8, 4) is 0 Å². The zero-order chi connectivity index (χ0) is 10.6. The molecule has 1 N–H and O–H groups in total. The molecule has 0 fully saturated rings. The van der Waals surface area contributed by atoms with Gasteiger partial charge in [0.1, 0.15) is 11.6 Å². The third-order valence-electron chi connectivity index (χ3n) is 1.74. The van der Waals surface area contributed by atoms with Crippen molar-refractivity contribution in [1.82, 2.24) is 0 Å². The number of halogens is 2. The van der Waals surface area contributed by atoms with Crippen molar-refractivity contribution < 1.29 is 8.78 Å². The SMILES string of the molecule is C=C(C)CCNc1cc(F)cc(F)c1. The zero-order valence-electron chi connectivity index (χ0n) is 8.11. The number of hydrogen-bond donors (Lipinski definition) is 1. The van der Waals surface area contributed by atoms with Crippen molar-refractivity contribution in [2.24, 2.45) is 0 Å². The Bertz CT molecular complexity index is 314. The summed E-state index contributed by atoms with van der Waals surface area (Å²) in [6, 6.07) is 3.38. The molecule has 76 valence electrons. The Balaban J connectivity index is 2.54. The summed E-state index contributed by atoms with van der Waals surface area (Å²) in [6.07, 6.45) is 0.790. The van der Waals surface area contributed by atoms with E-state index < -0.39 is 11.6 Å². The molecular formula is C11H13F2N. The van der Waals surface area contributed by atoms with E-state index in [-0.39, 0.29) is 0 Å². The Hall–Kier alpha value is -1.38. The molecular weight excluding hydrogens is 184 g/mol. The molecule has 1 aromatic carbocycles. The molecule has 0 saturated carbocycles. The van der Waals surface area contributed by atoms with Crippen LogP contribution in [-0.4, -0.2) is 6.54 Å². The van der Waals surface area contributed by atoms with Crippen LogP contribution in [0.5, 0.6) is 0 Å². The smallest absolute Gasteiger partial charge is 0.128 e. The first-order valence-corrected chi connectivity index (χ1v) is 4.42. The molecule has 1 aromatic rings. The van der Waals surface area contributed by atoms with E-state index in [9.17, 15) is 8.78 Å². The van der Waals surface area contributed by atoms with Crippen molar-refractivity contribution in [1.29, 1.82) is 0 Å². The highest BCUT2D eigenvalue weighted by molar-refractivity contribution is 5.43. The molecule has 0 unspecified atom stereocenters. The summed E-state index contributed by atoms with van der Waals surface area (Å²) in [5.41, 5.74) is 1.50. The highest BCUT2D eigenvalue weighted by atomic mass is 19.1. The molecule has 0 amide bonds. The van der Waals surface area contributed by atoms with Gasteiger partial charge in [-0.15, -0.1) is 6.58 Å². The van der Waals surface area contributed by atoms with Gasteiger partial charge in [-0.2, -0.15) is 0 Å². The van der Waals surface area contributed by atoms with Gasteiger partial charge in [0.05, 0.1) is 0 Å². The Kier molecular flexibility index (Phi) is 3.63. The molecule has 0 aliphatic rings. The van der Waals surface area contributed by atoms with E-state index in [1.807, 2.05) is 6.92 Å². The molecule has 0 heterocycles. The third-order valence-corrected chi connectivity index (χ3v) is 1.74. The van der Waals surface area contributed by atoms with Gasteiger partial charge in [-0.25, -0.2) is 8.78 Å². The second kappa shape index (κ2) is 4.74. The normalized spacial score (nSPS) is 9.93. The van der Waals surface area contributed by atoms with E-state index in [0.717, 1.165) is 18.1 Å². The van der Waals surface area contributed by atoms with Crippen LogP contribution in [0.4, 0.5) is 14.5 Å². The van der Waals surface area contributed by atoms with E-state index in [0.29, 0.717) is 12.2 Å². The lowest BCUT2D eigenvalue weighted by Gasteiger charge is -2.06. The van der Waals surface area contributed by atoms with Crippen LogP contribution in [0.25, 0.3) is 0 Å². The minimum Gasteiger partial charge on any atom is -0.385 e. The second-order valence-corrected chi connectivity index (χ2v) is 3.29. The number of rotatable bonds is 4. The summed E-state index contributed by atoms with van der Waals surface area (Å²) < 4.78 is 25.4. The van der Waals surface area contributed by atoms with Crippen LogP contribution >= 0.6 is 0 Å². The molecule has 0 aromatic heterocycles. The summed E-state index contributed by atoms with van der Waals surface area (Å²) in [6.45, 7) is 6.28. The predicted molar refractivity (Wildman–Crippen MR) is 54.3 cm³/mol. The molecule has 0 atom stereocenters. The molecule has 1 rings (SSSR count). The van der Waals surface area contributed by atoms with Crippen LogP contribution in [0.2, 0.25) is 0 Å². The van der Waals surface area contributed by atoms with Crippen molar-refractivity contribution in [3.63, 3.8) is 0 Å². The monoisotopic (exact) mass is 197 g/mol. The van der Waals surface area contributed by atoms with Gasteiger partial charge in [0.15, 0.2) is 0 Å². The fourth-order valence-electron chi connectivity index (χ4n) is 1.08. The summed E-state index contributed by atoms with van der Waals surface area (Å²) in [5, 5.41) is 2.92. The topological polar surface area (TPSA) is 12.0 Å². The van der Waals surface area contributed by atoms with Crippen molar-refractivity contribution >= 4 is 5.69 Å². The first-order valence-electron chi connectivity index (χ1n) is 4.42. The third kappa shape index (κ3) is 3.56. The summed E-state index contributed by atoms with van der Waals surface area (Å²) in [7, 11) is 0. The maximum absolute atomic E-state index is 12.7. The summed E-state index contributed by atoms with van der Waals surface area (Å²) >= 11 is 0. The highest BCUT2D eigenvalue weighted by Crippen LogP contribution is 2.12. The Morgan fingerprint density at radius 2 is 1.86 bits per heavy atom. The Morgan fingerprint density at radius 1 is 1.29 bits per heavy atom. The first-order chi connectivity index (χ1) is 6.58. The van der Waals surface area contributed by atoms with Crippen LogP contribution in [0.1, 0.15) is 13.3 Å². The van der Waals surface area contributed by atoms with Gasteiger partial charge in [-0.3, -0.25) is 0 Å². The lowest BCUT2D eigenvalue weighted by molar-refractivity contribution is 0.584. The number of benzene rings is 1. The van der Waals surface area contributed by atoms with Crippen LogP contribution in [-0.2, 0) is 0 Å². The standard InChI is InChI=1S/C11H13F2N/c1-8(2)3-4-14-11-6-9(12)5-10(13)7-11/h5-7,14H,1,3-4H2,2H3. The van der Waals surface area contributed by atoms with E-state index >= 15 is 0 Å². The van der Waals surface area contributed by atoms with E-state index in [4.69, 9.17) is 0 Å². The van der Waals surface area contributed by atoms with Crippen LogP contribution in [0.3, 0.4) is 0 Å². The van der Waals surface area contributed by atoms with Crippen LogP contribution in [0, 0.1) is 11.6 Å². The van der Waals surface area contributed by atoms with Gasteiger partial charge in [0.25, 0.3) is 0 Å². The molecule has 1 nitrogen and oxygen atoms in total. The summed E-state index contributed by atoms with van der Waals surface area (Å²) in [4.78, 5) is 0. The van der Waals surface area contributed by atoms with E-state index in [2.05, 4.69) is 11.9 Å². The maximum atomic E-state index is 12.7. The minimum absolute atomic E-state index is 0.462. The maximum Gasteiger partial charge on any atom is 0.128 e. The molecule has 0 bridgehead atoms. The van der Waals surface area contributed by atoms with Crippen LogP contribution in [0.15, 0.2) is 30.4 Å². The minimum atomic E-state index is -0.567. The number of anilines is 1. The Morgan fingerprint density at radius 3 is 2.36 bits per heavy atom. The van der Waals surface area contributed by atoms with Crippen molar-refractivity contribution in [2.45, 2.75) is 13.3 Å². The first kappa shape index (κ1) is 10.7. The van der Waals surface area contributed by atoms with Crippen molar-refractivity contribution in [2.75, 3.05) is 11.9 Å². The van der Waals surface area contributed by atoms with Gasteiger partial charge in [0.2, 0.25) is 0 Å². The van der Waals surface area contributed by atoms with Gasteiger partial charge >= 0.3 is 0 Å². The predicted octanol–water partition coefficient (Wildman–Crippen LogP) is 3.34. The average Bonchev–Trinajstić information content (AvgIpc) is 2.01. The lowest BCUT2D eigenvalue weighted by Crippen LogP contribution is -2.02. The molecule has 0 spiro atoms. The van der Waals surface area contributed by atoms with E-state index in [1.54, 1.807) is 0 Å². The highest BCUT2D eigenvalue weighted by Gasteiger charge is 1.99. The molecule has 0 radical (unpaired) electrons. The molecule has 14 heavy (non-hydrogen) atoms. The fraction of sp³-hybridized carbons (Fsp3) is 0.273. The molecule has 0 aliphatic heterocycles. The second-order valence-electron chi connectivity index (χ2n) is 3.29. The fourth-order valence-corrected chi connectivity index (χ4v) is 1.08. The lowest BCUT2D eigenvalue weighted by atomic mass is 10.2. The Labute approximate surface area is 82.4 Å². The van der Waals surface area contributed by atoms with Gasteiger partial charge in [-0.05, 0) is 25.5 Å². The van der Waals surface area contributed by atoms with Gasteiger partial charge in [0, 0.05) is 18.3 Å². The molecule has 0 aliphatic carbocycles. The zero-order valence-corrected chi connectivity index (χ0v) is 8.11.